The van der Waals surface area contributed by atoms with Crippen LogP contribution in [-0.4, -0.2) is 109 Å². The van der Waals surface area contributed by atoms with E-state index in [1.807, 2.05) is 27.9 Å². The van der Waals surface area contributed by atoms with Crippen molar-refractivity contribution in [2.45, 2.75) is 95.9 Å². The summed E-state index contributed by atoms with van der Waals surface area (Å²) in [4.78, 5) is 29.0. The number of hydrogen-bond acceptors (Lipinski definition) is 8. The van der Waals surface area contributed by atoms with E-state index in [0.29, 0.717) is 25.9 Å². The summed E-state index contributed by atoms with van der Waals surface area (Å²) < 4.78 is 18.9. The second-order valence-corrected chi connectivity index (χ2v) is 11.2. The molecule has 35 heavy (non-hydrogen) atoms. The topological polar surface area (TPSA) is 121 Å². The van der Waals surface area contributed by atoms with Gasteiger partial charge < -0.3 is 39.5 Å². The largest absolute Gasteiger partial charge is 0.392 e. The van der Waals surface area contributed by atoms with E-state index in [9.17, 15) is 19.8 Å². The van der Waals surface area contributed by atoms with Gasteiger partial charge in [-0.1, -0.05) is 20.8 Å². The summed E-state index contributed by atoms with van der Waals surface area (Å²) in [6.45, 7) is 8.16. The number of ether oxygens (including phenoxy) is 3. The monoisotopic (exact) mass is 499 g/mol. The van der Waals surface area contributed by atoms with Crippen molar-refractivity contribution < 1.29 is 34.0 Å². The van der Waals surface area contributed by atoms with Gasteiger partial charge in [-0.25, -0.2) is 0 Å². The number of fused-ring (bicyclic) bond motifs is 2. The third kappa shape index (κ3) is 6.34. The molecule has 10 heteroatoms. The molecule has 3 saturated heterocycles. The number of likely N-dealkylation sites (N-methyl/N-ethyl adjacent to an activating group) is 1. The molecular formula is C25H45N3O7. The number of aliphatic hydroxyl groups is 2. The van der Waals surface area contributed by atoms with Crippen LogP contribution < -0.4 is 5.32 Å². The number of nitrogens with one attached hydrogen (secondary N) is 1. The molecule has 3 fully saturated rings. The molecule has 0 aromatic heterocycles. The van der Waals surface area contributed by atoms with Crippen LogP contribution in [0.5, 0.6) is 0 Å². The van der Waals surface area contributed by atoms with Crippen LogP contribution >= 0.6 is 0 Å². The summed E-state index contributed by atoms with van der Waals surface area (Å²) >= 11 is 0. The van der Waals surface area contributed by atoms with Gasteiger partial charge in [-0.3, -0.25) is 9.59 Å². The fourth-order valence-corrected chi connectivity index (χ4v) is 5.74. The second kappa shape index (κ2) is 11.4. The Morgan fingerprint density at radius 2 is 1.83 bits per heavy atom. The standard InChI is InChI=1S/C25H45N3O7/c1-14-12-25(32)22(34-24-21(35-25)18(27(5)6)11-15(2)33-24)16(3)20(30)17(4)23(31)26-10-8-9-19(29)28(7)13-14/h14-18,20-22,24,30,32H,8-13H2,1-7H3,(H,26,31)/t14-,15-,16+,17-,18+,20+,21-,22-,24+,25+/m1/s1. The van der Waals surface area contributed by atoms with Gasteiger partial charge in [0.1, 0.15) is 12.2 Å². The average molecular weight is 500 g/mol. The maximum absolute atomic E-state index is 12.7. The van der Waals surface area contributed by atoms with Crippen molar-refractivity contribution in [1.82, 2.24) is 15.1 Å². The van der Waals surface area contributed by atoms with E-state index < -0.39 is 42.2 Å². The van der Waals surface area contributed by atoms with E-state index >= 15 is 0 Å². The van der Waals surface area contributed by atoms with Crippen LogP contribution in [0.2, 0.25) is 0 Å². The molecule has 0 aromatic rings. The van der Waals surface area contributed by atoms with Gasteiger partial charge in [0.15, 0.2) is 12.1 Å². The lowest BCUT2D eigenvalue weighted by molar-refractivity contribution is -0.424. The first-order valence-corrected chi connectivity index (χ1v) is 12.9. The van der Waals surface area contributed by atoms with E-state index in [1.165, 1.54) is 0 Å². The van der Waals surface area contributed by atoms with Crippen molar-refractivity contribution in [3.63, 3.8) is 0 Å². The van der Waals surface area contributed by atoms with E-state index in [-0.39, 0.29) is 36.3 Å². The molecule has 0 saturated carbocycles. The molecule has 2 amide bonds. The molecule has 3 rings (SSSR count). The highest BCUT2D eigenvalue weighted by atomic mass is 16.8. The van der Waals surface area contributed by atoms with Gasteiger partial charge in [0, 0.05) is 44.9 Å². The van der Waals surface area contributed by atoms with E-state index in [4.69, 9.17) is 14.2 Å². The Labute approximate surface area is 209 Å². The third-order valence-electron chi connectivity index (χ3n) is 7.78. The van der Waals surface area contributed by atoms with Gasteiger partial charge in [0.25, 0.3) is 0 Å². The summed E-state index contributed by atoms with van der Waals surface area (Å²) in [5, 5.41) is 26.0. The van der Waals surface area contributed by atoms with E-state index in [2.05, 4.69) is 10.2 Å². The first kappa shape index (κ1) is 28.3. The molecule has 0 bridgehead atoms. The zero-order valence-corrected chi connectivity index (χ0v) is 22.3. The molecule has 3 heterocycles. The maximum Gasteiger partial charge on any atom is 0.225 e. The van der Waals surface area contributed by atoms with Crippen molar-refractivity contribution in [1.29, 1.82) is 0 Å². The molecule has 0 aliphatic carbocycles. The number of nitrogens with zero attached hydrogens (tertiary/aromatic N) is 2. The SMILES string of the molecule is C[C@H]1CN(C)C(=O)CCCNC(=O)[C@H](C)[C@@H](O)[C@H](C)[C@H]2O[C@@H]3O[C@H](C)C[C@H](N(C)C)[C@H]3O[C@@]2(O)C1. The lowest BCUT2D eigenvalue weighted by atomic mass is 9.81. The van der Waals surface area contributed by atoms with Crippen LogP contribution in [-0.2, 0) is 23.8 Å². The zero-order valence-electron chi connectivity index (χ0n) is 22.3. The summed E-state index contributed by atoms with van der Waals surface area (Å²) in [6, 6.07) is -0.0326. The van der Waals surface area contributed by atoms with Crippen LogP contribution in [0.1, 0.15) is 53.4 Å². The van der Waals surface area contributed by atoms with Crippen molar-refractivity contribution in [3.05, 3.63) is 0 Å². The minimum Gasteiger partial charge on any atom is -0.392 e. The van der Waals surface area contributed by atoms with Gasteiger partial charge in [-0.15, -0.1) is 0 Å². The number of carbonyl (C=O) groups is 2. The molecule has 3 aliphatic rings. The lowest BCUT2D eigenvalue weighted by Gasteiger charge is -2.54. The molecule has 3 N–H and O–H groups in total. The summed E-state index contributed by atoms with van der Waals surface area (Å²) in [5.41, 5.74) is 0. The van der Waals surface area contributed by atoms with Crippen LogP contribution in [0.3, 0.4) is 0 Å². The van der Waals surface area contributed by atoms with Crippen LogP contribution in [0, 0.1) is 17.8 Å². The number of rotatable bonds is 1. The van der Waals surface area contributed by atoms with Gasteiger partial charge in [0.2, 0.25) is 11.8 Å². The molecule has 10 atom stereocenters. The predicted octanol–water partition coefficient (Wildman–Crippen LogP) is 0.552. The Balaban J connectivity index is 1.95. The van der Waals surface area contributed by atoms with Crippen molar-refractivity contribution in [3.8, 4) is 0 Å². The van der Waals surface area contributed by atoms with Gasteiger partial charge in [-0.05, 0) is 39.8 Å². The van der Waals surface area contributed by atoms with E-state index in [1.54, 1.807) is 25.8 Å². The second-order valence-electron chi connectivity index (χ2n) is 11.2. The summed E-state index contributed by atoms with van der Waals surface area (Å²) in [5.74, 6) is -3.53. The molecular weight excluding hydrogens is 454 g/mol. The highest BCUT2D eigenvalue weighted by Gasteiger charge is 2.57. The third-order valence-corrected chi connectivity index (χ3v) is 7.78. The van der Waals surface area contributed by atoms with Crippen LogP contribution in [0.4, 0.5) is 0 Å². The quantitative estimate of drug-likeness (QED) is 0.479. The van der Waals surface area contributed by atoms with E-state index in [0.717, 1.165) is 6.42 Å². The van der Waals surface area contributed by atoms with Crippen molar-refractivity contribution >= 4 is 11.8 Å². The number of amides is 2. The Kier molecular flexibility index (Phi) is 9.21. The first-order chi connectivity index (χ1) is 16.3. The normalized spacial score (nSPS) is 44.6. The highest BCUT2D eigenvalue weighted by Crippen LogP contribution is 2.42. The first-order valence-electron chi connectivity index (χ1n) is 12.9. The number of carbonyl (C=O) groups excluding carboxylic acids is 2. The predicted molar refractivity (Wildman–Crippen MR) is 129 cm³/mol. The van der Waals surface area contributed by atoms with Crippen molar-refractivity contribution in [2.24, 2.45) is 17.8 Å². The smallest absolute Gasteiger partial charge is 0.225 e. The van der Waals surface area contributed by atoms with Gasteiger partial charge >= 0.3 is 0 Å². The maximum atomic E-state index is 12.7. The van der Waals surface area contributed by atoms with Gasteiger partial charge in [0.05, 0.1) is 18.1 Å². The Morgan fingerprint density at radius 3 is 2.49 bits per heavy atom. The Hall–Kier alpha value is -1.30. The summed E-state index contributed by atoms with van der Waals surface area (Å²) in [6.07, 6.45) is -1.56. The lowest BCUT2D eigenvalue weighted by Crippen LogP contribution is -2.68. The molecule has 0 unspecified atom stereocenters. The molecule has 0 spiro atoms. The fraction of sp³-hybridized carbons (Fsp3) is 0.920. The fourth-order valence-electron chi connectivity index (χ4n) is 5.74. The zero-order chi connectivity index (χ0) is 26.1. The Bertz CT molecular complexity index is 753. The Morgan fingerprint density at radius 1 is 1.14 bits per heavy atom. The molecule has 10 nitrogen and oxygen atoms in total. The van der Waals surface area contributed by atoms with Crippen LogP contribution in [0.25, 0.3) is 0 Å². The minimum absolute atomic E-state index is 0.0193. The molecule has 0 aromatic carbocycles. The summed E-state index contributed by atoms with van der Waals surface area (Å²) in [7, 11) is 5.68. The molecule has 0 radical (unpaired) electrons. The highest BCUT2D eigenvalue weighted by molar-refractivity contribution is 5.79. The number of aliphatic hydroxyl groups excluding tert-OH is 1. The van der Waals surface area contributed by atoms with Crippen LogP contribution in [0.15, 0.2) is 0 Å². The average Bonchev–Trinajstić information content (AvgIpc) is 2.78. The van der Waals surface area contributed by atoms with Crippen molar-refractivity contribution in [2.75, 3.05) is 34.2 Å². The molecule has 3 aliphatic heterocycles. The minimum atomic E-state index is -1.74. The molecule has 202 valence electrons. The number of hydrogen-bond donors (Lipinski definition) is 3. The van der Waals surface area contributed by atoms with Gasteiger partial charge in [-0.2, -0.15) is 0 Å².